The molecule has 0 atom stereocenters. The number of esters is 1. The van der Waals surface area contributed by atoms with E-state index in [2.05, 4.69) is 15.5 Å². The van der Waals surface area contributed by atoms with Crippen molar-refractivity contribution in [1.82, 2.24) is 20.2 Å². The highest BCUT2D eigenvalue weighted by Gasteiger charge is 2.20. The minimum atomic E-state index is -0.572. The molecule has 154 valence electrons. The van der Waals surface area contributed by atoms with Gasteiger partial charge in [-0.25, -0.2) is 4.79 Å². The quantitative estimate of drug-likeness (QED) is 0.455. The van der Waals surface area contributed by atoms with Gasteiger partial charge in [0, 0.05) is 6.42 Å². The van der Waals surface area contributed by atoms with E-state index < -0.39 is 5.97 Å². The monoisotopic (exact) mass is 426 g/mol. The molecule has 0 saturated heterocycles. The Balaban J connectivity index is 1.57. The Hall–Kier alpha value is -3.39. The van der Waals surface area contributed by atoms with Crippen molar-refractivity contribution in [2.24, 2.45) is 0 Å². The molecule has 4 rings (SSSR count). The summed E-state index contributed by atoms with van der Waals surface area (Å²) in [5.41, 5.74) is 1.70. The lowest BCUT2D eigenvalue weighted by atomic mass is 10.2. The maximum atomic E-state index is 12.9. The molecule has 8 nitrogen and oxygen atoms in total. The van der Waals surface area contributed by atoms with Gasteiger partial charge in [-0.3, -0.25) is 0 Å². The van der Waals surface area contributed by atoms with E-state index in [4.69, 9.17) is 25.8 Å². The lowest BCUT2D eigenvalue weighted by Gasteiger charge is -2.13. The Bertz CT molecular complexity index is 1080. The number of hydrogen-bond donors (Lipinski definition) is 0. The highest BCUT2D eigenvalue weighted by atomic mass is 35.5. The van der Waals surface area contributed by atoms with E-state index in [0.717, 1.165) is 12.0 Å². The van der Waals surface area contributed by atoms with E-state index in [1.807, 2.05) is 30.3 Å². The molecule has 0 spiro atoms. The van der Waals surface area contributed by atoms with Crippen LogP contribution in [0.3, 0.4) is 0 Å². The highest BCUT2D eigenvalue weighted by Crippen LogP contribution is 2.38. The Morgan fingerprint density at radius 1 is 1.23 bits per heavy atom. The third-order valence-corrected chi connectivity index (χ3v) is 4.68. The van der Waals surface area contributed by atoms with Crippen molar-refractivity contribution in [3.63, 3.8) is 0 Å². The number of fused-ring (bicyclic) bond motifs is 1. The van der Waals surface area contributed by atoms with E-state index in [-0.39, 0.29) is 12.3 Å². The highest BCUT2D eigenvalue weighted by molar-refractivity contribution is 6.32. The van der Waals surface area contributed by atoms with Gasteiger partial charge in [0.05, 0.1) is 18.2 Å². The second-order valence-corrected chi connectivity index (χ2v) is 7.02. The van der Waals surface area contributed by atoms with Crippen molar-refractivity contribution >= 4 is 29.3 Å². The molecule has 0 saturated carbocycles. The second kappa shape index (κ2) is 8.96. The van der Waals surface area contributed by atoms with Gasteiger partial charge >= 0.3 is 5.97 Å². The van der Waals surface area contributed by atoms with Gasteiger partial charge in [0.1, 0.15) is 6.61 Å². The molecular weight excluding hydrogens is 408 g/mol. The Labute approximate surface area is 178 Å². The molecule has 0 aliphatic carbocycles. The Kier molecular flexibility index (Phi) is 5.94. The summed E-state index contributed by atoms with van der Waals surface area (Å²) in [6.45, 7) is 2.78. The molecular formula is C21H19ClN4O4. The first-order valence-corrected chi connectivity index (χ1v) is 9.77. The molecule has 1 aliphatic rings. The van der Waals surface area contributed by atoms with E-state index in [1.165, 1.54) is 4.68 Å². The van der Waals surface area contributed by atoms with Gasteiger partial charge in [-0.05, 0) is 46.7 Å². The van der Waals surface area contributed by atoms with Gasteiger partial charge in [-0.15, -0.1) is 5.10 Å². The van der Waals surface area contributed by atoms with Crippen LogP contribution in [0.4, 0.5) is 0 Å². The zero-order valence-electron chi connectivity index (χ0n) is 16.2. The molecule has 0 radical (unpaired) electrons. The van der Waals surface area contributed by atoms with Crippen molar-refractivity contribution in [3.05, 3.63) is 64.4 Å². The van der Waals surface area contributed by atoms with Gasteiger partial charge in [0.2, 0.25) is 0 Å². The molecule has 2 aromatic carbocycles. The average Bonchev–Trinajstić information content (AvgIpc) is 3.02. The first-order valence-electron chi connectivity index (χ1n) is 9.39. The fraction of sp³-hybridized carbons (Fsp3) is 0.238. The number of ether oxygens (including phenoxy) is 3. The second-order valence-electron chi connectivity index (χ2n) is 6.61. The van der Waals surface area contributed by atoms with Crippen LogP contribution in [0.25, 0.3) is 11.8 Å². The molecule has 0 fully saturated rings. The van der Waals surface area contributed by atoms with Crippen LogP contribution in [0.1, 0.15) is 23.4 Å². The van der Waals surface area contributed by atoms with Crippen LogP contribution in [-0.4, -0.2) is 39.4 Å². The zero-order chi connectivity index (χ0) is 20.9. The van der Waals surface area contributed by atoms with Crippen molar-refractivity contribution in [1.29, 1.82) is 0 Å². The molecule has 0 unspecified atom stereocenters. The number of benzene rings is 2. The molecule has 30 heavy (non-hydrogen) atoms. The van der Waals surface area contributed by atoms with Crippen molar-refractivity contribution in [2.45, 2.75) is 20.0 Å². The fourth-order valence-electron chi connectivity index (χ4n) is 2.96. The Morgan fingerprint density at radius 3 is 2.80 bits per heavy atom. The number of carbonyl (C=O) groups excluding carboxylic acids is 1. The number of nitrogens with zero attached hydrogens (tertiary/aromatic N) is 4. The molecule has 0 N–H and O–H groups in total. The normalized spacial score (nSPS) is 13.6. The summed E-state index contributed by atoms with van der Waals surface area (Å²) in [5, 5.41) is 11.8. The van der Waals surface area contributed by atoms with E-state index in [9.17, 15) is 4.79 Å². The molecule has 0 bridgehead atoms. The first-order chi connectivity index (χ1) is 14.6. The number of hydrogen-bond acceptors (Lipinski definition) is 7. The minimum absolute atomic E-state index is 0.00248. The van der Waals surface area contributed by atoms with Crippen molar-refractivity contribution in [3.8, 4) is 11.5 Å². The summed E-state index contributed by atoms with van der Waals surface area (Å²) >= 11 is 6.32. The topological polar surface area (TPSA) is 88.4 Å². The SMILES string of the molecule is Cc1nnnn1/C(=C/c1ccccc1)C(=O)OCc1cc(Cl)c2c(c1)OCCCO2. The van der Waals surface area contributed by atoms with E-state index in [1.54, 1.807) is 25.1 Å². The Morgan fingerprint density at radius 2 is 2.03 bits per heavy atom. The van der Waals surface area contributed by atoms with Crippen molar-refractivity contribution in [2.75, 3.05) is 13.2 Å². The number of aryl methyl sites for hydroxylation is 1. The van der Waals surface area contributed by atoms with Crippen LogP contribution in [0.5, 0.6) is 11.5 Å². The smallest absolute Gasteiger partial charge is 0.357 e. The number of halogens is 1. The minimum Gasteiger partial charge on any atom is -0.489 e. The molecule has 1 aliphatic heterocycles. The average molecular weight is 427 g/mol. The maximum absolute atomic E-state index is 12.9. The van der Waals surface area contributed by atoms with E-state index >= 15 is 0 Å². The van der Waals surface area contributed by atoms with Gasteiger partial charge in [0.15, 0.2) is 23.0 Å². The molecule has 2 heterocycles. The lowest BCUT2D eigenvalue weighted by molar-refractivity contribution is -0.138. The zero-order valence-corrected chi connectivity index (χ0v) is 17.0. The number of rotatable bonds is 5. The maximum Gasteiger partial charge on any atom is 0.357 e. The van der Waals surface area contributed by atoms with Crippen LogP contribution in [0, 0.1) is 6.92 Å². The predicted octanol–water partition coefficient (Wildman–Crippen LogP) is 3.54. The van der Waals surface area contributed by atoms with E-state index in [0.29, 0.717) is 41.1 Å². The first kappa shape index (κ1) is 19.9. The number of tetrazole rings is 1. The predicted molar refractivity (Wildman–Crippen MR) is 110 cm³/mol. The summed E-state index contributed by atoms with van der Waals surface area (Å²) in [6, 6.07) is 12.9. The molecule has 3 aromatic rings. The van der Waals surface area contributed by atoms with Crippen LogP contribution in [0.2, 0.25) is 5.02 Å². The summed E-state index contributed by atoms with van der Waals surface area (Å²) in [7, 11) is 0. The van der Waals surface area contributed by atoms with Crippen LogP contribution >= 0.6 is 11.6 Å². The van der Waals surface area contributed by atoms with Crippen LogP contribution < -0.4 is 9.47 Å². The van der Waals surface area contributed by atoms with Crippen LogP contribution in [0.15, 0.2) is 42.5 Å². The van der Waals surface area contributed by atoms with Gasteiger partial charge < -0.3 is 14.2 Å². The van der Waals surface area contributed by atoms with Gasteiger partial charge in [-0.1, -0.05) is 41.9 Å². The standard InChI is InChI=1S/C21H19ClN4O4/c1-14-23-24-25-26(14)18(11-15-6-3-2-4-7-15)21(27)30-13-16-10-17(22)20-19(12-16)28-8-5-9-29-20/h2-4,6-7,10-12H,5,8-9,13H2,1H3/b18-11+. The molecule has 9 heteroatoms. The number of aromatic nitrogens is 4. The van der Waals surface area contributed by atoms with Gasteiger partial charge in [0.25, 0.3) is 0 Å². The van der Waals surface area contributed by atoms with Crippen LogP contribution in [-0.2, 0) is 16.1 Å². The lowest BCUT2D eigenvalue weighted by Crippen LogP contribution is -2.15. The summed E-state index contributed by atoms with van der Waals surface area (Å²) < 4.78 is 18.2. The summed E-state index contributed by atoms with van der Waals surface area (Å²) in [5.74, 6) is 0.950. The number of carbonyl (C=O) groups is 1. The third-order valence-electron chi connectivity index (χ3n) is 4.40. The largest absolute Gasteiger partial charge is 0.489 e. The molecule has 0 amide bonds. The summed E-state index contributed by atoms with van der Waals surface area (Å²) in [4.78, 5) is 12.9. The summed E-state index contributed by atoms with van der Waals surface area (Å²) in [6.07, 6.45) is 2.45. The fourth-order valence-corrected chi connectivity index (χ4v) is 3.25. The van der Waals surface area contributed by atoms with Crippen molar-refractivity contribution < 1.29 is 19.0 Å². The third kappa shape index (κ3) is 4.44. The van der Waals surface area contributed by atoms with Gasteiger partial charge in [-0.2, -0.15) is 4.68 Å². The molecule has 1 aromatic heterocycles.